The third kappa shape index (κ3) is 43.5. The molecule has 0 aliphatic carbocycles. The molecule has 6 aromatic carbocycles. The number of phenols is 1. The van der Waals surface area contributed by atoms with Crippen LogP contribution in [0, 0.1) is 38.5 Å². The monoisotopic (exact) mass is 2110 g/mol. The molecule has 10 rings (SSSR count). The van der Waals surface area contributed by atoms with E-state index in [9.17, 15) is 44.1 Å². The number of thiazole rings is 2. The Bertz CT molecular complexity index is 4840. The second-order valence-electron chi connectivity index (χ2n) is 35.3. The molecule has 0 radical (unpaired) electrons. The van der Waals surface area contributed by atoms with E-state index in [4.69, 9.17) is 117 Å². The zero-order valence-electron chi connectivity index (χ0n) is 79.2. The third-order valence-electron chi connectivity index (χ3n) is 19.4. The molecule has 0 spiro atoms. The van der Waals surface area contributed by atoms with Crippen LogP contribution in [0.1, 0.15) is 135 Å². The second-order valence-corrected chi connectivity index (χ2v) is 40.1. The minimum atomic E-state index is -0.794. The number of nitrogens with zero attached hydrogens (tertiary/aromatic N) is 4. The second kappa shape index (κ2) is 59.5. The summed E-state index contributed by atoms with van der Waals surface area (Å²) < 4.78 is 49.0. The number of anilines is 1. The highest BCUT2D eigenvalue weighted by Crippen LogP contribution is 2.34. The zero-order chi connectivity index (χ0) is 99.5. The number of alkyl halides is 2. The van der Waals surface area contributed by atoms with Crippen molar-refractivity contribution in [2.45, 2.75) is 191 Å². The van der Waals surface area contributed by atoms with E-state index in [-0.39, 0.29) is 99.1 Å². The predicted octanol–water partition coefficient (Wildman–Crippen LogP) is 16.5. The summed E-state index contributed by atoms with van der Waals surface area (Å²) in [6.45, 7) is 36.4. The number of nitrogens with two attached hydrogens (primary N) is 1. The summed E-state index contributed by atoms with van der Waals surface area (Å²) in [5.74, 6) is 0.810. The molecule has 8 aromatic rings. The fraction of sp³-hybridized carbons (Fsp3) is 0.505. The number of amides is 5. The maximum absolute atomic E-state index is 13.9. The lowest BCUT2D eigenvalue weighted by molar-refractivity contribution is -0.154. The molecule has 6 atom stereocenters. The number of β-amino-alcohol motifs (C(OH)–C–C–N with tert-alkyl or cyclic N) is 2. The molecule has 0 bridgehead atoms. The van der Waals surface area contributed by atoms with E-state index >= 15 is 0 Å². The van der Waals surface area contributed by atoms with Crippen LogP contribution in [0.3, 0.4) is 0 Å². The van der Waals surface area contributed by atoms with Crippen LogP contribution in [0.5, 0.6) is 23.0 Å². The van der Waals surface area contributed by atoms with Crippen molar-refractivity contribution in [1.29, 1.82) is 0 Å². The average molecular weight is 2110 g/mol. The van der Waals surface area contributed by atoms with Gasteiger partial charge in [0.2, 0.25) is 23.6 Å². The largest absolute Gasteiger partial charge is 0.506 e. The molecule has 2 aliphatic heterocycles. The lowest BCUT2D eigenvalue weighted by Crippen LogP contribution is -2.57. The Morgan fingerprint density at radius 2 is 0.933 bits per heavy atom. The molecule has 4 heterocycles. The van der Waals surface area contributed by atoms with Gasteiger partial charge in [-0.2, -0.15) is 0 Å². The number of hydrogen-bond acceptors (Lipinski definition) is 26. The van der Waals surface area contributed by atoms with E-state index in [1.807, 2.05) is 180 Å². The Morgan fingerprint density at radius 3 is 1.34 bits per heavy atom. The van der Waals surface area contributed by atoms with Gasteiger partial charge >= 0.3 is 12.1 Å². The van der Waals surface area contributed by atoms with Gasteiger partial charge in [-0.25, -0.2) is 14.8 Å². The first kappa shape index (κ1) is 117. The van der Waals surface area contributed by atoms with Gasteiger partial charge in [0.15, 0.2) is 0 Å². The molecule has 11 N–H and O–H groups in total. The number of aromatic hydroxyl groups is 1. The van der Waals surface area contributed by atoms with E-state index in [0.29, 0.717) is 116 Å². The summed E-state index contributed by atoms with van der Waals surface area (Å²) in [7, 11) is 0. The Labute approximate surface area is 834 Å². The van der Waals surface area contributed by atoms with Crippen LogP contribution >= 0.6 is 103 Å². The number of hydrogen-bond donors (Lipinski definition) is 10. The van der Waals surface area contributed by atoms with Crippen LogP contribution in [0.15, 0.2) is 132 Å². The van der Waals surface area contributed by atoms with Crippen LogP contribution in [-0.2, 0) is 71.9 Å². The lowest BCUT2D eigenvalue weighted by Gasteiger charge is -2.35. The Balaban J connectivity index is 0.000000320. The van der Waals surface area contributed by atoms with Crippen molar-refractivity contribution in [3.63, 3.8) is 0 Å². The molecule has 37 heteroatoms. The summed E-state index contributed by atoms with van der Waals surface area (Å²) in [4.78, 5) is 90.2. The van der Waals surface area contributed by atoms with E-state index in [1.165, 1.54) is 15.9 Å². The van der Waals surface area contributed by atoms with E-state index in [1.54, 1.807) is 79.8 Å². The smallest absolute Gasteiger partial charge is 0.412 e. The molecular weight excluding hydrogens is 1980 g/mol. The highest BCUT2D eigenvalue weighted by molar-refractivity contribution is 14.1. The number of likely N-dealkylation sites (tertiary alicyclic amines) is 2. The minimum Gasteiger partial charge on any atom is -0.506 e. The van der Waals surface area contributed by atoms with Crippen molar-refractivity contribution in [3.05, 3.63) is 192 Å². The number of ether oxygens (including phenoxy) is 9. The highest BCUT2D eigenvalue weighted by Gasteiger charge is 2.45. The number of nitrogens with one attached hydrogen (secondary N) is 4. The van der Waals surface area contributed by atoms with Crippen molar-refractivity contribution >= 4 is 145 Å². The molecule has 2 fully saturated rings. The first-order valence-electron chi connectivity index (χ1n) is 43.8. The highest BCUT2D eigenvalue weighted by atomic mass is 127. The molecule has 134 heavy (non-hydrogen) atoms. The van der Waals surface area contributed by atoms with Crippen LogP contribution in [0.4, 0.5) is 10.5 Å². The molecule has 5 amide bonds. The van der Waals surface area contributed by atoms with Crippen molar-refractivity contribution in [2.24, 2.45) is 16.6 Å². The first-order valence-corrected chi connectivity index (χ1v) is 49.1. The fourth-order valence-electron chi connectivity index (χ4n) is 12.7. The van der Waals surface area contributed by atoms with E-state index < -0.39 is 64.5 Å². The number of esters is 1. The predicted molar refractivity (Wildman–Crippen MR) is 539 cm³/mol. The maximum Gasteiger partial charge on any atom is 0.412 e. The number of aromatic nitrogens is 2. The number of carbonyl (C=O) groups excluding carboxylic acids is 6. The van der Waals surface area contributed by atoms with Gasteiger partial charge in [0.1, 0.15) is 66.1 Å². The van der Waals surface area contributed by atoms with Crippen molar-refractivity contribution < 1.29 is 96.9 Å². The molecular formula is C97H133Cl5IN9O20S2. The first-order chi connectivity index (χ1) is 63.3. The summed E-state index contributed by atoms with van der Waals surface area (Å²) >= 11 is 34.5. The van der Waals surface area contributed by atoms with Gasteiger partial charge in [0.05, 0.1) is 149 Å². The fourth-order valence-corrected chi connectivity index (χ4v) is 15.4. The van der Waals surface area contributed by atoms with Gasteiger partial charge in [-0.3, -0.25) is 29.3 Å². The molecule has 0 saturated carbocycles. The maximum atomic E-state index is 13.9. The number of aliphatic hydroxyl groups is 4. The lowest BCUT2D eigenvalue weighted by atomic mass is 9.85. The number of aliphatic hydroxyl groups excluding tert-OH is 4. The Morgan fingerprint density at radius 1 is 0.515 bits per heavy atom. The van der Waals surface area contributed by atoms with Gasteiger partial charge < -0.3 is 99.6 Å². The molecule has 740 valence electrons. The van der Waals surface area contributed by atoms with Gasteiger partial charge in [0, 0.05) is 67.6 Å². The standard InChI is InChI=1S/C37H50ClN5O7S.C22H30N4O3S.C12H15ClO3.C11H14ClIO2.C11H15ClO3.C4H9ClO2/c1-23-31(51-22-41-23)25-10-8-24(9-11-25)20-40-33(45)29-19-27(44)21-43(29)34(46)32(36(2,3)4)39-14-15-48-16-17-49-30-18-26(12-13-28(30)38)42-35(47)50-37(5,6)7;1-13-18(30-12-25-13)15-7-5-14(6-8-15)10-24-20(28)17-9-16(27)11-26(17)21(29)19(23)22(2,3)4;1-12(2,3)16-11(15)7-8-4-5-9(13)10(14)6-8;2*1-9-2-3-10(12)11(8-9)15-7-6-14-5-4-13;5-1-3-7-4-2-6/h8-13,18,22,27,29,32,39,44H,14-17,19-21H2,1-7H3,(H,40,45)(H,42,47);5-8,12,16-17,19,27H,9-11,23H2,1-4H3,(H,24,28);4-6,14H,7H2,1-3H3;2-3,8H,4-7H2,1H3;2-3,8,13H,4-7H2,1H3;6H,1-4H2/t27-,29+,32-;16-,17+,19-;;;;/m11..../s1. The normalized spacial score (nSPS) is 15.1. The van der Waals surface area contributed by atoms with Crippen LogP contribution < -0.4 is 41.2 Å². The number of rotatable bonds is 37. The topological polar surface area (TPSA) is 393 Å². The quantitative estimate of drug-likeness (QED) is 0.00748. The Hall–Kier alpha value is -7.82. The van der Waals surface area contributed by atoms with E-state index in [2.05, 4.69) is 53.8 Å². The van der Waals surface area contributed by atoms with Crippen molar-refractivity contribution in [2.75, 3.05) is 121 Å². The number of carbonyl (C=O) groups is 6. The van der Waals surface area contributed by atoms with Crippen molar-refractivity contribution in [1.82, 2.24) is 35.7 Å². The summed E-state index contributed by atoms with van der Waals surface area (Å²) in [5, 5.41) is 60.2. The zero-order valence-corrected chi connectivity index (χ0v) is 86.8. The molecule has 29 nitrogen and oxygen atoms in total. The third-order valence-corrected chi connectivity index (χ3v) is 23.2. The average Bonchev–Trinajstić information content (AvgIpc) is 1.64. The summed E-state index contributed by atoms with van der Waals surface area (Å²) in [6, 6.07) is 34.0. The van der Waals surface area contributed by atoms with Gasteiger partial charge in [-0.15, -0.1) is 34.3 Å². The Kier molecular flexibility index (Phi) is 51.8. The van der Waals surface area contributed by atoms with E-state index in [0.717, 1.165) is 71.3 Å². The number of aryl methyl sites for hydroxylation is 4. The van der Waals surface area contributed by atoms with Crippen LogP contribution in [0.25, 0.3) is 20.9 Å². The number of halogens is 6. The summed E-state index contributed by atoms with van der Waals surface area (Å²) in [6.07, 6.45) is -1.58. The number of phenolic OH excluding ortho intramolecular Hbond substituents is 1. The SMILES string of the molecule is CC(C)(C)OC(=O)Cc1ccc(Cl)c(O)c1.Cc1ccc(Cl)c(OCCOCCI)c1.Cc1ccc(Cl)c(OCCOCCO)c1.Cc1ncsc1-c1ccc(CNC(=O)[C@@H]2C[C@@H](O)CN2C(=O)[C@@H](N)C(C)(C)C)cc1.Cc1ncsc1-c1ccc(CNC(=O)[C@@H]2C[C@@H](O)CN2C(=O)[C@@H](NCCOCCOc2cc(NC(=O)OC(C)(C)C)ccc2Cl)C(C)(C)C)cc1.OCCOCCCl. The number of benzene rings is 6. The van der Waals surface area contributed by atoms with Crippen LogP contribution in [-0.4, -0.2) is 244 Å². The van der Waals surface area contributed by atoms with Gasteiger partial charge in [0.25, 0.3) is 0 Å². The molecule has 0 unspecified atom stereocenters. The molecule has 2 aromatic heterocycles. The molecule has 2 aliphatic rings. The van der Waals surface area contributed by atoms with Crippen LogP contribution in [0.2, 0.25) is 20.1 Å². The minimum absolute atomic E-state index is 0.0253. The summed E-state index contributed by atoms with van der Waals surface area (Å²) in [5.41, 5.74) is 17.1. The van der Waals surface area contributed by atoms with Crippen molar-refractivity contribution in [3.8, 4) is 43.9 Å². The van der Waals surface area contributed by atoms with Gasteiger partial charge in [-0.1, -0.05) is 177 Å². The molecule has 2 saturated heterocycles. The van der Waals surface area contributed by atoms with Gasteiger partial charge in [-0.05, 0) is 168 Å².